The van der Waals surface area contributed by atoms with Crippen LogP contribution in [0, 0.1) is 0 Å². The van der Waals surface area contributed by atoms with Gasteiger partial charge in [-0.1, -0.05) is 12.8 Å². The summed E-state index contributed by atoms with van der Waals surface area (Å²) in [6.45, 7) is 0.235. The smallest absolute Gasteiger partial charge is 0.244 e. The average molecular weight is 299 g/mol. The minimum absolute atomic E-state index is 0.0127. The molecule has 0 saturated heterocycles. The van der Waals surface area contributed by atoms with Gasteiger partial charge in [0, 0.05) is 25.3 Å². The minimum atomic E-state index is -3.60. The molecule has 3 N–H and O–H groups in total. The fraction of sp³-hybridized carbons (Fsp3) is 0.615. The Balaban J connectivity index is 2.28. The largest absolute Gasteiger partial charge is 0.395 e. The van der Waals surface area contributed by atoms with E-state index in [1.165, 1.54) is 16.6 Å². The minimum Gasteiger partial charge on any atom is -0.395 e. The summed E-state index contributed by atoms with van der Waals surface area (Å²) in [4.78, 5) is 4.20. The van der Waals surface area contributed by atoms with E-state index >= 15 is 0 Å². The van der Waals surface area contributed by atoms with Gasteiger partial charge in [-0.15, -0.1) is 0 Å². The molecule has 1 aromatic heterocycles. The summed E-state index contributed by atoms with van der Waals surface area (Å²) in [6, 6.07) is 3.14. The quantitative estimate of drug-likeness (QED) is 0.795. The molecule has 0 aromatic carbocycles. The van der Waals surface area contributed by atoms with Crippen LogP contribution < -0.4 is 5.73 Å². The van der Waals surface area contributed by atoms with Crippen molar-refractivity contribution in [1.82, 2.24) is 9.29 Å². The number of sulfonamides is 1. The molecule has 0 unspecified atom stereocenters. The molecule has 1 fully saturated rings. The number of aliphatic hydroxyl groups excluding tert-OH is 1. The van der Waals surface area contributed by atoms with E-state index in [-0.39, 0.29) is 30.6 Å². The van der Waals surface area contributed by atoms with Gasteiger partial charge in [0.1, 0.15) is 4.90 Å². The molecule has 112 valence electrons. The summed E-state index contributed by atoms with van der Waals surface area (Å²) >= 11 is 0. The third-order valence-electron chi connectivity index (χ3n) is 3.67. The van der Waals surface area contributed by atoms with Crippen molar-refractivity contribution >= 4 is 10.0 Å². The van der Waals surface area contributed by atoms with Gasteiger partial charge in [-0.2, -0.15) is 4.31 Å². The molecule has 1 aliphatic rings. The van der Waals surface area contributed by atoms with Crippen LogP contribution in [0.2, 0.25) is 0 Å². The number of aromatic nitrogens is 1. The van der Waals surface area contributed by atoms with Crippen molar-refractivity contribution in [3.8, 4) is 0 Å². The lowest BCUT2D eigenvalue weighted by atomic mass is 10.2. The molecule has 7 heteroatoms. The molecular formula is C13H21N3O3S. The van der Waals surface area contributed by atoms with E-state index in [9.17, 15) is 8.42 Å². The maximum atomic E-state index is 12.7. The monoisotopic (exact) mass is 299 g/mol. The van der Waals surface area contributed by atoms with E-state index in [2.05, 4.69) is 4.98 Å². The van der Waals surface area contributed by atoms with Crippen molar-refractivity contribution in [2.24, 2.45) is 5.73 Å². The predicted octanol–water partition coefficient (Wildman–Crippen LogP) is 0.466. The number of hydrogen-bond donors (Lipinski definition) is 2. The van der Waals surface area contributed by atoms with Gasteiger partial charge in [-0.3, -0.25) is 4.98 Å². The molecule has 0 radical (unpaired) electrons. The van der Waals surface area contributed by atoms with Crippen LogP contribution in [0.15, 0.2) is 23.2 Å². The molecule has 0 atom stereocenters. The van der Waals surface area contributed by atoms with E-state index in [0.717, 1.165) is 25.7 Å². The van der Waals surface area contributed by atoms with Crippen molar-refractivity contribution < 1.29 is 13.5 Å². The Kier molecular flexibility index (Phi) is 5.09. The molecule has 0 amide bonds. The van der Waals surface area contributed by atoms with E-state index in [1.54, 1.807) is 6.07 Å². The molecular weight excluding hydrogens is 278 g/mol. The topological polar surface area (TPSA) is 96.5 Å². The third kappa shape index (κ3) is 3.17. The first-order chi connectivity index (χ1) is 9.59. The normalized spacial score (nSPS) is 16.9. The van der Waals surface area contributed by atoms with Crippen molar-refractivity contribution in [2.75, 3.05) is 13.2 Å². The second-order valence-corrected chi connectivity index (χ2v) is 6.86. The zero-order valence-electron chi connectivity index (χ0n) is 11.4. The number of nitrogens with zero attached hydrogens (tertiary/aromatic N) is 2. The molecule has 1 aromatic rings. The first-order valence-corrected chi connectivity index (χ1v) is 8.31. The molecule has 1 heterocycles. The van der Waals surface area contributed by atoms with Crippen LogP contribution in [-0.4, -0.2) is 42.0 Å². The Morgan fingerprint density at radius 1 is 1.35 bits per heavy atom. The van der Waals surface area contributed by atoms with Crippen LogP contribution in [0.3, 0.4) is 0 Å². The number of hydrogen-bond acceptors (Lipinski definition) is 5. The second-order valence-electron chi connectivity index (χ2n) is 4.97. The lowest BCUT2D eigenvalue weighted by Gasteiger charge is -2.27. The van der Waals surface area contributed by atoms with Crippen LogP contribution in [0.1, 0.15) is 31.4 Å². The number of pyridine rings is 1. The SMILES string of the molecule is NCc1ccc(S(=O)(=O)N(CCO)C2CCCC2)cn1. The van der Waals surface area contributed by atoms with Gasteiger partial charge in [-0.05, 0) is 25.0 Å². The summed E-state index contributed by atoms with van der Waals surface area (Å²) < 4.78 is 26.7. The van der Waals surface area contributed by atoms with Crippen molar-refractivity contribution in [2.45, 2.75) is 43.2 Å². The molecule has 6 nitrogen and oxygen atoms in total. The number of nitrogens with two attached hydrogens (primary N) is 1. The molecule has 20 heavy (non-hydrogen) atoms. The molecule has 0 bridgehead atoms. The average Bonchev–Trinajstić information content (AvgIpc) is 2.98. The molecule has 1 saturated carbocycles. The van der Waals surface area contributed by atoms with Gasteiger partial charge < -0.3 is 10.8 Å². The van der Waals surface area contributed by atoms with Crippen molar-refractivity contribution in [3.05, 3.63) is 24.0 Å². The Morgan fingerprint density at radius 3 is 2.55 bits per heavy atom. The van der Waals surface area contributed by atoms with E-state index in [1.807, 2.05) is 0 Å². The van der Waals surface area contributed by atoms with Gasteiger partial charge in [-0.25, -0.2) is 8.42 Å². The summed E-state index contributed by atoms with van der Waals surface area (Å²) in [5.74, 6) is 0. The molecule has 0 spiro atoms. The highest BCUT2D eigenvalue weighted by molar-refractivity contribution is 7.89. The lowest BCUT2D eigenvalue weighted by Crippen LogP contribution is -2.40. The fourth-order valence-corrected chi connectivity index (χ4v) is 4.23. The van der Waals surface area contributed by atoms with Crippen LogP contribution in [0.25, 0.3) is 0 Å². The van der Waals surface area contributed by atoms with E-state index in [4.69, 9.17) is 10.8 Å². The molecule has 0 aliphatic heterocycles. The predicted molar refractivity (Wildman–Crippen MR) is 75.4 cm³/mol. The first kappa shape index (κ1) is 15.4. The third-order valence-corrected chi connectivity index (χ3v) is 5.60. The molecule has 1 aliphatic carbocycles. The summed E-state index contributed by atoms with van der Waals surface area (Å²) in [5, 5.41) is 9.15. The van der Waals surface area contributed by atoms with E-state index in [0.29, 0.717) is 5.69 Å². The van der Waals surface area contributed by atoms with Crippen molar-refractivity contribution in [3.63, 3.8) is 0 Å². The zero-order valence-corrected chi connectivity index (χ0v) is 12.2. The standard InChI is InChI=1S/C13H21N3O3S/c14-9-11-5-6-13(10-15-11)20(18,19)16(7-8-17)12-3-1-2-4-12/h5-6,10,12,17H,1-4,7-9,14H2. The maximum absolute atomic E-state index is 12.7. The van der Waals surface area contributed by atoms with Crippen LogP contribution >= 0.6 is 0 Å². The highest BCUT2D eigenvalue weighted by atomic mass is 32.2. The molecule has 2 rings (SSSR count). The number of aliphatic hydroxyl groups is 1. The summed E-state index contributed by atoms with van der Waals surface area (Å²) in [6.07, 6.45) is 5.12. The van der Waals surface area contributed by atoms with Crippen LogP contribution in [-0.2, 0) is 16.6 Å². The van der Waals surface area contributed by atoms with E-state index < -0.39 is 10.0 Å². The maximum Gasteiger partial charge on any atom is 0.244 e. The lowest BCUT2D eigenvalue weighted by molar-refractivity contribution is 0.226. The summed E-state index contributed by atoms with van der Waals surface area (Å²) in [5.41, 5.74) is 6.11. The van der Waals surface area contributed by atoms with Gasteiger partial charge >= 0.3 is 0 Å². The Morgan fingerprint density at radius 2 is 2.05 bits per heavy atom. The Labute approximate surface area is 119 Å². The highest BCUT2D eigenvalue weighted by Gasteiger charge is 2.32. The highest BCUT2D eigenvalue weighted by Crippen LogP contribution is 2.28. The number of rotatable bonds is 6. The van der Waals surface area contributed by atoms with Crippen LogP contribution in [0.5, 0.6) is 0 Å². The van der Waals surface area contributed by atoms with Crippen molar-refractivity contribution in [1.29, 1.82) is 0 Å². The van der Waals surface area contributed by atoms with Gasteiger partial charge in [0.25, 0.3) is 0 Å². The Bertz CT molecular complexity index is 524. The van der Waals surface area contributed by atoms with Gasteiger partial charge in [0.2, 0.25) is 10.0 Å². The van der Waals surface area contributed by atoms with Crippen LogP contribution in [0.4, 0.5) is 0 Å². The second kappa shape index (κ2) is 6.62. The zero-order chi connectivity index (χ0) is 14.6. The fourth-order valence-electron chi connectivity index (χ4n) is 2.61. The first-order valence-electron chi connectivity index (χ1n) is 6.87. The summed E-state index contributed by atoms with van der Waals surface area (Å²) in [7, 11) is -3.60. The van der Waals surface area contributed by atoms with Gasteiger partial charge in [0.15, 0.2) is 0 Å². The van der Waals surface area contributed by atoms with Gasteiger partial charge in [0.05, 0.1) is 12.3 Å². The Hall–Kier alpha value is -1.02.